The number of fused-ring (bicyclic) bond motifs is 2. The predicted octanol–water partition coefficient (Wildman–Crippen LogP) is 2.99. The molecule has 1 heterocycles. The van der Waals surface area contributed by atoms with Crippen LogP contribution in [-0.2, 0) is 21.4 Å². The lowest BCUT2D eigenvalue weighted by Crippen LogP contribution is -2.50. The van der Waals surface area contributed by atoms with E-state index >= 15 is 0 Å². The number of sulfonamides is 1. The van der Waals surface area contributed by atoms with E-state index < -0.39 is 16.1 Å². The number of benzene rings is 3. The van der Waals surface area contributed by atoms with E-state index in [0.717, 1.165) is 28.2 Å². The fourth-order valence-electron chi connectivity index (χ4n) is 3.46. The molecule has 3 aromatic rings. The van der Waals surface area contributed by atoms with Crippen LogP contribution >= 0.6 is 0 Å². The zero-order valence-electron chi connectivity index (χ0n) is 16.3. The molecule has 150 valence electrons. The first kappa shape index (κ1) is 19.3. The van der Waals surface area contributed by atoms with E-state index in [-0.39, 0.29) is 12.5 Å². The van der Waals surface area contributed by atoms with E-state index in [1.54, 1.807) is 12.1 Å². The van der Waals surface area contributed by atoms with E-state index in [4.69, 9.17) is 4.74 Å². The Hall–Kier alpha value is -3.06. The Morgan fingerprint density at radius 3 is 2.62 bits per heavy atom. The molecule has 0 bridgehead atoms. The van der Waals surface area contributed by atoms with E-state index in [1.807, 2.05) is 55.5 Å². The van der Waals surface area contributed by atoms with Crippen molar-refractivity contribution in [3.63, 3.8) is 0 Å². The van der Waals surface area contributed by atoms with E-state index in [1.165, 1.54) is 4.31 Å². The number of aryl methyl sites for hydroxylation is 1. The van der Waals surface area contributed by atoms with Crippen LogP contribution in [0.4, 0.5) is 5.69 Å². The summed E-state index contributed by atoms with van der Waals surface area (Å²) in [6, 6.07) is 19.3. The van der Waals surface area contributed by atoms with Gasteiger partial charge in [0.25, 0.3) is 5.91 Å². The van der Waals surface area contributed by atoms with Crippen molar-refractivity contribution in [1.82, 2.24) is 5.32 Å². The average molecular weight is 410 g/mol. The summed E-state index contributed by atoms with van der Waals surface area (Å²) in [7, 11) is -3.54. The second kappa shape index (κ2) is 7.40. The molecule has 0 aliphatic carbocycles. The molecular weight excluding hydrogens is 388 g/mol. The van der Waals surface area contributed by atoms with Crippen molar-refractivity contribution in [2.45, 2.75) is 19.6 Å². The molecule has 1 aliphatic rings. The van der Waals surface area contributed by atoms with Gasteiger partial charge >= 0.3 is 0 Å². The summed E-state index contributed by atoms with van der Waals surface area (Å²) in [4.78, 5) is 12.7. The molecule has 7 heteroatoms. The molecule has 3 aromatic carbocycles. The third-order valence-electron chi connectivity index (χ3n) is 4.96. The SMILES string of the molecule is Cc1ccc2c(c1)O[C@H](C(=O)NCc1ccc3ccccc3c1)CN2S(C)(=O)=O. The summed E-state index contributed by atoms with van der Waals surface area (Å²) in [5.74, 6) is 0.0477. The van der Waals surface area contributed by atoms with Gasteiger partial charge in [0, 0.05) is 6.54 Å². The molecule has 0 spiro atoms. The lowest BCUT2D eigenvalue weighted by atomic mass is 10.1. The van der Waals surface area contributed by atoms with Crippen LogP contribution in [0.3, 0.4) is 0 Å². The Balaban J connectivity index is 1.52. The second-order valence-corrected chi connectivity index (χ2v) is 9.18. The average Bonchev–Trinajstić information content (AvgIpc) is 2.70. The lowest BCUT2D eigenvalue weighted by Gasteiger charge is -2.34. The van der Waals surface area contributed by atoms with Gasteiger partial charge in [-0.1, -0.05) is 42.5 Å². The summed E-state index contributed by atoms with van der Waals surface area (Å²) in [5, 5.41) is 5.10. The Morgan fingerprint density at radius 2 is 1.86 bits per heavy atom. The minimum atomic E-state index is -3.54. The van der Waals surface area contributed by atoms with Crippen LogP contribution in [-0.4, -0.2) is 33.2 Å². The van der Waals surface area contributed by atoms with Crippen molar-refractivity contribution in [1.29, 1.82) is 0 Å². The number of ether oxygens (including phenoxy) is 1. The van der Waals surface area contributed by atoms with Gasteiger partial charge in [-0.2, -0.15) is 0 Å². The molecule has 0 aromatic heterocycles. The monoisotopic (exact) mass is 410 g/mol. The Bertz CT molecular complexity index is 1190. The summed E-state index contributed by atoms with van der Waals surface area (Å²) in [6.45, 7) is 2.17. The van der Waals surface area contributed by atoms with Gasteiger partial charge in [-0.3, -0.25) is 9.10 Å². The third-order valence-corrected chi connectivity index (χ3v) is 6.10. The maximum atomic E-state index is 12.7. The molecule has 0 saturated carbocycles. The fourth-order valence-corrected chi connectivity index (χ4v) is 4.38. The van der Waals surface area contributed by atoms with Crippen molar-refractivity contribution in [2.24, 2.45) is 0 Å². The minimum Gasteiger partial charge on any atom is -0.476 e. The summed E-state index contributed by atoms with van der Waals surface area (Å²) < 4.78 is 31.6. The normalized spacial score (nSPS) is 16.2. The highest BCUT2D eigenvalue weighted by Crippen LogP contribution is 2.35. The van der Waals surface area contributed by atoms with Crippen LogP contribution in [0.1, 0.15) is 11.1 Å². The Labute approximate surface area is 170 Å². The van der Waals surface area contributed by atoms with Gasteiger partial charge in [0.2, 0.25) is 10.0 Å². The molecule has 1 aliphatic heterocycles. The van der Waals surface area contributed by atoms with Crippen LogP contribution in [0, 0.1) is 6.92 Å². The van der Waals surface area contributed by atoms with E-state index in [0.29, 0.717) is 18.0 Å². The molecule has 1 amide bonds. The maximum Gasteiger partial charge on any atom is 0.263 e. The molecular formula is C22H22N2O4S. The van der Waals surface area contributed by atoms with E-state index in [2.05, 4.69) is 5.32 Å². The number of nitrogens with zero attached hydrogens (tertiary/aromatic N) is 1. The van der Waals surface area contributed by atoms with Crippen LogP contribution in [0.25, 0.3) is 10.8 Å². The standard InChI is InChI=1S/C22H22N2O4S/c1-15-7-10-19-20(11-15)28-21(14-24(19)29(2,26)27)22(25)23-13-16-8-9-17-5-3-4-6-18(17)12-16/h3-12,21H,13-14H2,1-2H3,(H,23,25)/t21-/m0/s1. The molecule has 29 heavy (non-hydrogen) atoms. The first-order valence-corrected chi connectivity index (χ1v) is 11.2. The zero-order valence-corrected chi connectivity index (χ0v) is 17.1. The molecule has 6 nitrogen and oxygen atoms in total. The Morgan fingerprint density at radius 1 is 1.10 bits per heavy atom. The lowest BCUT2D eigenvalue weighted by molar-refractivity contribution is -0.127. The number of carbonyl (C=O) groups is 1. The van der Waals surface area contributed by atoms with Gasteiger partial charge in [-0.25, -0.2) is 8.42 Å². The first-order chi connectivity index (χ1) is 13.8. The molecule has 0 unspecified atom stereocenters. The molecule has 0 fully saturated rings. The highest BCUT2D eigenvalue weighted by atomic mass is 32.2. The van der Waals surface area contributed by atoms with Gasteiger partial charge in [-0.05, 0) is 47.0 Å². The van der Waals surface area contributed by atoms with Crippen LogP contribution in [0.5, 0.6) is 5.75 Å². The number of nitrogens with one attached hydrogen (secondary N) is 1. The van der Waals surface area contributed by atoms with Gasteiger partial charge in [0.15, 0.2) is 6.10 Å². The molecule has 0 saturated heterocycles. The summed E-state index contributed by atoms with van der Waals surface area (Å²) in [6.07, 6.45) is 0.214. The topological polar surface area (TPSA) is 75.7 Å². The minimum absolute atomic E-state index is 0.0571. The molecule has 1 atom stereocenters. The van der Waals surface area contributed by atoms with Crippen LogP contribution < -0.4 is 14.4 Å². The molecule has 4 rings (SSSR count). The van der Waals surface area contributed by atoms with Crippen molar-refractivity contribution < 1.29 is 17.9 Å². The highest BCUT2D eigenvalue weighted by molar-refractivity contribution is 7.92. The molecule has 1 N–H and O–H groups in total. The largest absolute Gasteiger partial charge is 0.476 e. The zero-order chi connectivity index (χ0) is 20.6. The Kier molecular flexibility index (Phi) is 4.92. The van der Waals surface area contributed by atoms with Crippen molar-refractivity contribution in [2.75, 3.05) is 17.1 Å². The highest BCUT2D eigenvalue weighted by Gasteiger charge is 2.34. The number of hydrogen-bond acceptors (Lipinski definition) is 4. The van der Waals surface area contributed by atoms with Crippen molar-refractivity contribution in [3.05, 3.63) is 71.8 Å². The van der Waals surface area contributed by atoms with Crippen LogP contribution in [0.2, 0.25) is 0 Å². The molecule has 0 radical (unpaired) electrons. The van der Waals surface area contributed by atoms with Crippen molar-refractivity contribution >= 4 is 32.4 Å². The van der Waals surface area contributed by atoms with Gasteiger partial charge in [-0.15, -0.1) is 0 Å². The summed E-state index contributed by atoms with van der Waals surface area (Å²) in [5.41, 5.74) is 2.34. The second-order valence-electron chi connectivity index (χ2n) is 7.27. The number of hydrogen-bond donors (Lipinski definition) is 1. The van der Waals surface area contributed by atoms with E-state index in [9.17, 15) is 13.2 Å². The number of rotatable bonds is 4. The van der Waals surface area contributed by atoms with Gasteiger partial charge in [0.1, 0.15) is 5.75 Å². The smallest absolute Gasteiger partial charge is 0.263 e. The first-order valence-electron chi connectivity index (χ1n) is 9.32. The van der Waals surface area contributed by atoms with Crippen LogP contribution in [0.15, 0.2) is 60.7 Å². The predicted molar refractivity (Wildman–Crippen MR) is 114 cm³/mol. The third kappa shape index (κ3) is 4.05. The maximum absolute atomic E-state index is 12.7. The quantitative estimate of drug-likeness (QED) is 0.718. The fraction of sp³-hybridized carbons (Fsp3) is 0.227. The number of carbonyl (C=O) groups excluding carboxylic acids is 1. The van der Waals surface area contributed by atoms with Gasteiger partial charge in [0.05, 0.1) is 18.5 Å². The van der Waals surface area contributed by atoms with Crippen molar-refractivity contribution in [3.8, 4) is 5.75 Å². The number of anilines is 1. The van der Waals surface area contributed by atoms with Gasteiger partial charge < -0.3 is 10.1 Å². The number of amides is 1. The summed E-state index contributed by atoms with van der Waals surface area (Å²) >= 11 is 0.